The van der Waals surface area contributed by atoms with Crippen LogP contribution in [0, 0.1) is 0 Å². The van der Waals surface area contributed by atoms with Gasteiger partial charge in [-0.05, 0) is 76.7 Å². The first kappa shape index (κ1) is 28.1. The van der Waals surface area contributed by atoms with Gasteiger partial charge in [0, 0.05) is 59.0 Å². The summed E-state index contributed by atoms with van der Waals surface area (Å²) in [5, 5.41) is 4.74. The Kier molecular flexibility index (Phi) is 7.59. The number of nitrogens with zero attached hydrogens (tertiary/aromatic N) is 3. The summed E-state index contributed by atoms with van der Waals surface area (Å²) in [7, 11) is 1.53. The fourth-order valence-electron chi connectivity index (χ4n) is 5.25. The van der Waals surface area contributed by atoms with Crippen LogP contribution in [0.15, 0.2) is 60.8 Å². The van der Waals surface area contributed by atoms with Crippen molar-refractivity contribution in [1.82, 2.24) is 14.9 Å². The maximum atomic E-state index is 13.5. The van der Waals surface area contributed by atoms with E-state index in [2.05, 4.69) is 29.8 Å². The number of nitrogens with one attached hydrogen (secondary N) is 2. The van der Waals surface area contributed by atoms with Gasteiger partial charge in [-0.1, -0.05) is 12.1 Å². The van der Waals surface area contributed by atoms with Gasteiger partial charge in [0.15, 0.2) is 0 Å². The normalized spacial score (nSPS) is 15.2. The summed E-state index contributed by atoms with van der Waals surface area (Å²) in [6.45, 7) is 4.92. The number of H-pyrrole nitrogens is 1. The Morgan fingerprint density at radius 1 is 1.05 bits per heavy atom. The average molecular weight is 572 g/mol. The number of pyridine rings is 1. The van der Waals surface area contributed by atoms with Gasteiger partial charge in [0.25, 0.3) is 0 Å². The second-order valence-corrected chi connectivity index (χ2v) is 13.9. The van der Waals surface area contributed by atoms with E-state index in [0.29, 0.717) is 45.1 Å². The largest absolute Gasteiger partial charge is 0.573 e. The van der Waals surface area contributed by atoms with Gasteiger partial charge in [-0.25, -0.2) is 4.98 Å². The molecule has 0 aliphatic carbocycles. The highest BCUT2D eigenvalue weighted by Gasteiger charge is 2.33. The number of alkyl halides is 3. The Balaban J connectivity index is 1.51. The van der Waals surface area contributed by atoms with Crippen LogP contribution in [0.3, 0.4) is 0 Å². The summed E-state index contributed by atoms with van der Waals surface area (Å²) in [4.78, 5) is 11.8. The smallest absolute Gasteiger partial charge is 0.405 e. The Morgan fingerprint density at radius 3 is 2.45 bits per heavy atom. The van der Waals surface area contributed by atoms with Crippen LogP contribution in [0.1, 0.15) is 12.8 Å². The van der Waals surface area contributed by atoms with Gasteiger partial charge in [-0.3, -0.25) is 0 Å². The van der Waals surface area contributed by atoms with Crippen LogP contribution in [0.2, 0.25) is 0 Å². The number of benzene rings is 2. The number of anilines is 3. The van der Waals surface area contributed by atoms with Gasteiger partial charge in [0.1, 0.15) is 18.5 Å². The van der Waals surface area contributed by atoms with Crippen molar-refractivity contribution in [3.63, 3.8) is 0 Å². The predicted molar refractivity (Wildman–Crippen MR) is 156 cm³/mol. The molecule has 0 spiro atoms. The highest BCUT2D eigenvalue weighted by Crippen LogP contribution is 2.41. The number of piperidine rings is 1. The molecule has 0 saturated carbocycles. The summed E-state index contributed by atoms with van der Waals surface area (Å²) in [6, 6.07) is 16.3. The third kappa shape index (κ3) is 6.13. The Labute approximate surface area is 231 Å². The molecule has 1 fully saturated rings. The van der Waals surface area contributed by atoms with Gasteiger partial charge in [0.2, 0.25) is 0 Å². The van der Waals surface area contributed by atoms with Crippen molar-refractivity contribution in [2.75, 3.05) is 50.7 Å². The van der Waals surface area contributed by atoms with Crippen LogP contribution in [0.5, 0.6) is 5.75 Å². The highest BCUT2D eigenvalue weighted by atomic mass is 31.2. The van der Waals surface area contributed by atoms with Crippen molar-refractivity contribution in [2.45, 2.75) is 25.2 Å². The molecule has 7 nitrogen and oxygen atoms in total. The molecule has 212 valence electrons. The van der Waals surface area contributed by atoms with E-state index in [9.17, 15) is 17.7 Å². The standard InChI is InChI=1S/C29H33F3N5O2P/c1-36(2)19-12-15-37(16-13-19)20-9-10-21(26(17-20)39-29(30,31)32)25-18-22-23(11-14-33-28(22)35-25)34-24-7-5-6-8-27(24)40(3,4)38/h5-11,14,17-19H,12-13,15-16H2,1-4H3,(H2,33,34,35). The van der Waals surface area contributed by atoms with E-state index in [0.717, 1.165) is 25.9 Å². The number of aromatic amines is 1. The van der Waals surface area contributed by atoms with Crippen LogP contribution < -0.4 is 20.3 Å². The number of rotatable bonds is 7. The molecule has 1 aliphatic heterocycles. The van der Waals surface area contributed by atoms with Gasteiger partial charge in [-0.15, -0.1) is 13.2 Å². The molecule has 1 saturated heterocycles. The Hall–Kier alpha value is -3.49. The zero-order valence-electron chi connectivity index (χ0n) is 22.9. The SMILES string of the molecule is CN(C)C1CCN(c2ccc(-c3cc4c(Nc5ccccc5P(C)(C)=O)ccnc4[nH]3)c(OC(F)(F)F)c2)CC1. The molecular weight excluding hydrogens is 538 g/mol. The minimum Gasteiger partial charge on any atom is -0.405 e. The van der Waals surface area contributed by atoms with E-state index in [1.807, 2.05) is 44.4 Å². The third-order valence-electron chi connectivity index (χ3n) is 7.33. The van der Waals surface area contributed by atoms with Crippen LogP contribution in [0.4, 0.5) is 30.2 Å². The Bertz CT molecular complexity index is 1560. The molecule has 5 rings (SSSR count). The number of hydrogen-bond acceptors (Lipinski definition) is 6. The fourth-order valence-corrected chi connectivity index (χ4v) is 6.41. The zero-order chi connectivity index (χ0) is 28.7. The lowest BCUT2D eigenvalue weighted by molar-refractivity contribution is -0.274. The molecule has 0 amide bonds. The lowest BCUT2D eigenvalue weighted by Crippen LogP contribution is -2.42. The first-order valence-corrected chi connectivity index (χ1v) is 15.7. The first-order chi connectivity index (χ1) is 18.9. The summed E-state index contributed by atoms with van der Waals surface area (Å²) in [5.74, 6) is -0.274. The molecule has 0 atom stereocenters. The van der Waals surface area contributed by atoms with Crippen LogP contribution >= 0.6 is 7.14 Å². The summed E-state index contributed by atoms with van der Waals surface area (Å²) in [5.41, 5.74) is 3.30. The molecule has 1 aliphatic rings. The van der Waals surface area contributed by atoms with Gasteiger partial charge in [0.05, 0.1) is 11.4 Å². The average Bonchev–Trinajstić information content (AvgIpc) is 3.33. The lowest BCUT2D eigenvalue weighted by Gasteiger charge is -2.36. The summed E-state index contributed by atoms with van der Waals surface area (Å²) >= 11 is 0. The van der Waals surface area contributed by atoms with Crippen molar-refractivity contribution in [3.05, 3.63) is 60.8 Å². The number of hydrogen-bond donors (Lipinski definition) is 2. The molecule has 0 bridgehead atoms. The molecule has 40 heavy (non-hydrogen) atoms. The van der Waals surface area contributed by atoms with E-state index in [1.54, 1.807) is 37.7 Å². The Morgan fingerprint density at radius 2 is 1.77 bits per heavy atom. The minimum absolute atomic E-state index is 0.274. The van der Waals surface area contributed by atoms with E-state index in [1.165, 1.54) is 6.07 Å². The van der Waals surface area contributed by atoms with Gasteiger partial charge in [-0.2, -0.15) is 0 Å². The maximum Gasteiger partial charge on any atom is 0.573 e. The second kappa shape index (κ2) is 10.8. The van der Waals surface area contributed by atoms with Crippen LogP contribution in [-0.4, -0.2) is 67.8 Å². The van der Waals surface area contributed by atoms with Crippen molar-refractivity contribution in [3.8, 4) is 17.0 Å². The third-order valence-corrected chi connectivity index (χ3v) is 8.88. The zero-order valence-corrected chi connectivity index (χ0v) is 23.8. The molecule has 4 aromatic rings. The van der Waals surface area contributed by atoms with Gasteiger partial charge >= 0.3 is 6.36 Å². The molecule has 3 heterocycles. The lowest BCUT2D eigenvalue weighted by atomic mass is 10.0. The molecule has 11 heteroatoms. The number of para-hydroxylation sites is 1. The molecular formula is C29H33F3N5O2P. The number of halogens is 3. The van der Waals surface area contributed by atoms with Gasteiger partial charge < -0.3 is 29.4 Å². The minimum atomic E-state index is -4.85. The van der Waals surface area contributed by atoms with E-state index in [-0.39, 0.29) is 11.3 Å². The first-order valence-electron chi connectivity index (χ1n) is 13.1. The van der Waals surface area contributed by atoms with E-state index in [4.69, 9.17) is 0 Å². The van der Waals surface area contributed by atoms with Crippen LogP contribution in [-0.2, 0) is 4.57 Å². The fraction of sp³-hybridized carbons (Fsp3) is 0.345. The summed E-state index contributed by atoms with van der Waals surface area (Å²) in [6.07, 6.45) is -1.37. The van der Waals surface area contributed by atoms with Crippen molar-refractivity contribution >= 4 is 40.5 Å². The number of fused-ring (bicyclic) bond motifs is 1. The second-order valence-electron chi connectivity index (χ2n) is 10.7. The molecule has 2 aromatic carbocycles. The quantitative estimate of drug-likeness (QED) is 0.242. The monoisotopic (exact) mass is 571 g/mol. The van der Waals surface area contributed by atoms with E-state index < -0.39 is 13.5 Å². The predicted octanol–water partition coefficient (Wildman–Crippen LogP) is 6.65. The topological polar surface area (TPSA) is 73.5 Å². The van der Waals surface area contributed by atoms with Crippen LogP contribution in [0.25, 0.3) is 22.3 Å². The summed E-state index contributed by atoms with van der Waals surface area (Å²) < 4.78 is 57.9. The number of ether oxygens (including phenoxy) is 1. The molecule has 0 radical (unpaired) electrons. The van der Waals surface area contributed by atoms with Crippen molar-refractivity contribution in [2.24, 2.45) is 0 Å². The molecule has 2 N–H and O–H groups in total. The van der Waals surface area contributed by atoms with E-state index >= 15 is 0 Å². The number of aromatic nitrogens is 2. The molecule has 0 unspecified atom stereocenters. The molecule has 2 aromatic heterocycles. The van der Waals surface area contributed by atoms with Crippen molar-refractivity contribution in [1.29, 1.82) is 0 Å². The maximum absolute atomic E-state index is 13.5. The van der Waals surface area contributed by atoms with Crippen molar-refractivity contribution < 1.29 is 22.5 Å². The highest BCUT2D eigenvalue weighted by molar-refractivity contribution is 7.70.